The smallest absolute Gasteiger partial charge is 0.123 e. The predicted molar refractivity (Wildman–Crippen MR) is 84.8 cm³/mol. The average molecular weight is 278 g/mol. The summed E-state index contributed by atoms with van der Waals surface area (Å²) < 4.78 is 13.9. The Labute approximate surface area is 122 Å². The topological polar surface area (TPSA) is 35.9 Å². The van der Waals surface area contributed by atoms with Gasteiger partial charge in [0.05, 0.1) is 0 Å². The maximum atomic E-state index is 13.9. The first-order valence-electron chi connectivity index (χ1n) is 7.51. The molecule has 3 unspecified atom stereocenters. The van der Waals surface area contributed by atoms with Crippen LogP contribution in [0.1, 0.15) is 40.0 Å². The maximum absolute atomic E-state index is 13.9. The van der Waals surface area contributed by atoms with Gasteiger partial charge in [0.2, 0.25) is 0 Å². The number of halogens is 1. The maximum Gasteiger partial charge on any atom is 0.123 e. The van der Waals surface area contributed by atoms with Crippen LogP contribution in [0, 0.1) is 17.2 Å². The molecule has 0 fully saturated rings. The first-order valence-corrected chi connectivity index (χ1v) is 7.51. The van der Waals surface area contributed by atoms with Gasteiger partial charge in [-0.1, -0.05) is 38.8 Å². The number of unbranched alkanes of at least 4 members (excludes halogenated alkanes) is 1. The molecule has 0 aliphatic heterocycles. The van der Waals surface area contributed by atoms with E-state index >= 15 is 0 Å². The van der Waals surface area contributed by atoms with Gasteiger partial charge in [-0.15, -0.1) is 0 Å². The van der Waals surface area contributed by atoms with Crippen LogP contribution in [0.15, 0.2) is 35.1 Å². The van der Waals surface area contributed by atoms with Gasteiger partial charge in [-0.05, 0) is 36.3 Å². The first kappa shape index (κ1) is 16.7. The monoisotopic (exact) mass is 278 g/mol. The van der Waals surface area contributed by atoms with E-state index < -0.39 is 6.17 Å². The molecule has 0 aromatic heterocycles. The van der Waals surface area contributed by atoms with Crippen LogP contribution >= 0.6 is 0 Å². The standard InChI is InChI=1S/C17H27FN2/c1-5-6-7-14-9-17(15(10-19)11-20-4)16(13(3)18)8-12(14)2/h8-14,19-20H,5-7H2,1-4H3/b15-11+,19-10?. The molecule has 0 bridgehead atoms. The minimum Gasteiger partial charge on any atom is -0.393 e. The number of hydrogen-bond acceptors (Lipinski definition) is 2. The zero-order valence-electron chi connectivity index (χ0n) is 13.0. The number of rotatable bonds is 7. The van der Waals surface area contributed by atoms with Crippen molar-refractivity contribution in [1.82, 2.24) is 5.32 Å². The van der Waals surface area contributed by atoms with Gasteiger partial charge in [0.25, 0.3) is 0 Å². The molecule has 2 nitrogen and oxygen atoms in total. The van der Waals surface area contributed by atoms with Gasteiger partial charge in [0, 0.05) is 25.0 Å². The molecule has 3 atom stereocenters. The Bertz CT molecular complexity index is 419. The van der Waals surface area contributed by atoms with Crippen LogP contribution in [-0.2, 0) is 0 Å². The fourth-order valence-corrected chi connectivity index (χ4v) is 2.71. The van der Waals surface area contributed by atoms with Gasteiger partial charge in [-0.2, -0.15) is 0 Å². The third kappa shape index (κ3) is 4.06. The normalized spacial score (nSPS) is 24.8. The van der Waals surface area contributed by atoms with Crippen molar-refractivity contribution in [2.24, 2.45) is 11.8 Å². The van der Waals surface area contributed by atoms with E-state index in [0.717, 1.165) is 23.1 Å². The predicted octanol–water partition coefficient (Wildman–Crippen LogP) is 4.41. The van der Waals surface area contributed by atoms with Gasteiger partial charge in [-0.3, -0.25) is 0 Å². The highest BCUT2D eigenvalue weighted by atomic mass is 19.1. The van der Waals surface area contributed by atoms with Gasteiger partial charge < -0.3 is 10.7 Å². The molecule has 0 spiro atoms. The summed E-state index contributed by atoms with van der Waals surface area (Å²) in [5.74, 6) is 0.799. The highest BCUT2D eigenvalue weighted by Gasteiger charge is 2.25. The van der Waals surface area contributed by atoms with Crippen LogP contribution in [0.25, 0.3) is 0 Å². The minimum absolute atomic E-state index is 0.361. The van der Waals surface area contributed by atoms with E-state index in [1.165, 1.54) is 19.1 Å². The van der Waals surface area contributed by atoms with Crippen molar-refractivity contribution in [2.45, 2.75) is 46.2 Å². The summed E-state index contributed by atoms with van der Waals surface area (Å²) >= 11 is 0. The second kappa shape index (κ2) is 8.03. The first-order chi connectivity index (χ1) is 9.54. The van der Waals surface area contributed by atoms with Crippen LogP contribution in [-0.4, -0.2) is 19.4 Å². The second-order valence-corrected chi connectivity index (χ2v) is 5.52. The lowest BCUT2D eigenvalue weighted by atomic mass is 9.78. The lowest BCUT2D eigenvalue weighted by Crippen LogP contribution is -2.19. The Morgan fingerprint density at radius 1 is 1.50 bits per heavy atom. The molecule has 1 aliphatic carbocycles. The molecule has 0 amide bonds. The van der Waals surface area contributed by atoms with Crippen LogP contribution < -0.4 is 5.32 Å². The Kier molecular flexibility index (Phi) is 6.69. The van der Waals surface area contributed by atoms with E-state index in [9.17, 15) is 4.39 Å². The summed E-state index contributed by atoms with van der Waals surface area (Å²) in [6.45, 7) is 5.91. The second-order valence-electron chi connectivity index (χ2n) is 5.52. The third-order valence-electron chi connectivity index (χ3n) is 3.90. The van der Waals surface area contributed by atoms with Gasteiger partial charge >= 0.3 is 0 Å². The quantitative estimate of drug-likeness (QED) is 0.665. The molecule has 0 saturated carbocycles. The fraction of sp³-hybridized carbons (Fsp3) is 0.588. The fourth-order valence-electron chi connectivity index (χ4n) is 2.71. The summed E-state index contributed by atoms with van der Waals surface area (Å²) in [6, 6.07) is 0. The van der Waals surface area contributed by atoms with Crippen LogP contribution in [0.5, 0.6) is 0 Å². The number of allylic oxidation sites excluding steroid dienone is 5. The SMILES string of the molecule is CCCCC1C=C(/C(C=N)=C/NC)C(C(C)F)=CC1C. The van der Waals surface area contributed by atoms with Crippen molar-refractivity contribution in [3.05, 3.63) is 35.1 Å². The number of hydrogen-bond donors (Lipinski definition) is 2. The summed E-state index contributed by atoms with van der Waals surface area (Å²) in [7, 11) is 1.80. The van der Waals surface area contributed by atoms with E-state index in [1.807, 2.05) is 6.08 Å². The molecule has 0 radical (unpaired) electrons. The lowest BCUT2D eigenvalue weighted by Gasteiger charge is -2.28. The zero-order valence-corrected chi connectivity index (χ0v) is 13.0. The van der Waals surface area contributed by atoms with Gasteiger partial charge in [0.15, 0.2) is 0 Å². The number of nitrogens with one attached hydrogen (secondary N) is 2. The summed E-state index contributed by atoms with van der Waals surface area (Å²) in [5, 5.41) is 10.5. The highest BCUT2D eigenvalue weighted by Crippen LogP contribution is 2.35. The van der Waals surface area contributed by atoms with Gasteiger partial charge in [-0.25, -0.2) is 4.39 Å². The van der Waals surface area contributed by atoms with Crippen LogP contribution in [0.4, 0.5) is 4.39 Å². The molecule has 0 heterocycles. The Morgan fingerprint density at radius 2 is 2.20 bits per heavy atom. The minimum atomic E-state index is -1.00. The molecular weight excluding hydrogens is 251 g/mol. The summed E-state index contributed by atoms with van der Waals surface area (Å²) in [6.07, 6.45) is 9.75. The third-order valence-corrected chi connectivity index (χ3v) is 3.90. The molecule has 0 aromatic carbocycles. The molecule has 1 aliphatic rings. The van der Waals surface area contributed by atoms with Crippen molar-refractivity contribution in [1.29, 1.82) is 5.41 Å². The summed E-state index contributed by atoms with van der Waals surface area (Å²) in [4.78, 5) is 0. The summed E-state index contributed by atoms with van der Waals surface area (Å²) in [5.41, 5.74) is 2.34. The van der Waals surface area contributed by atoms with E-state index in [1.54, 1.807) is 20.2 Å². The number of alkyl halides is 1. The highest BCUT2D eigenvalue weighted by molar-refractivity contribution is 5.85. The van der Waals surface area contributed by atoms with E-state index in [4.69, 9.17) is 5.41 Å². The lowest BCUT2D eigenvalue weighted by molar-refractivity contribution is 0.395. The zero-order chi connectivity index (χ0) is 15.1. The van der Waals surface area contributed by atoms with Crippen LogP contribution in [0.2, 0.25) is 0 Å². The van der Waals surface area contributed by atoms with E-state index in [-0.39, 0.29) is 0 Å². The van der Waals surface area contributed by atoms with E-state index in [2.05, 4.69) is 25.2 Å². The molecule has 3 heteroatoms. The largest absolute Gasteiger partial charge is 0.393 e. The molecule has 20 heavy (non-hydrogen) atoms. The van der Waals surface area contributed by atoms with E-state index in [0.29, 0.717) is 11.8 Å². The molecule has 0 aromatic rings. The molecular formula is C17H27FN2. The molecule has 1 rings (SSSR count). The van der Waals surface area contributed by atoms with Crippen molar-refractivity contribution >= 4 is 6.21 Å². The van der Waals surface area contributed by atoms with Crippen molar-refractivity contribution < 1.29 is 4.39 Å². The Hall–Kier alpha value is -1.38. The molecule has 0 saturated heterocycles. The Morgan fingerprint density at radius 3 is 2.70 bits per heavy atom. The van der Waals surface area contributed by atoms with Crippen molar-refractivity contribution in [2.75, 3.05) is 7.05 Å². The van der Waals surface area contributed by atoms with Gasteiger partial charge in [0.1, 0.15) is 6.17 Å². The van der Waals surface area contributed by atoms with Crippen molar-refractivity contribution in [3.63, 3.8) is 0 Å². The average Bonchev–Trinajstić information content (AvgIpc) is 2.43. The Balaban J connectivity index is 3.13. The molecule has 2 N–H and O–H groups in total. The molecule has 112 valence electrons. The van der Waals surface area contributed by atoms with Crippen LogP contribution in [0.3, 0.4) is 0 Å². The van der Waals surface area contributed by atoms with Crippen molar-refractivity contribution in [3.8, 4) is 0 Å².